The molecule has 3 N–H and O–H groups in total. The van der Waals surface area contributed by atoms with Crippen LogP contribution >= 0.6 is 0 Å². The summed E-state index contributed by atoms with van der Waals surface area (Å²) in [5, 5.41) is 16.5. The van der Waals surface area contributed by atoms with E-state index >= 15 is 0 Å². The zero-order valence-corrected chi connectivity index (χ0v) is 4.92. The topological polar surface area (TPSA) is 93.0 Å². The van der Waals surface area contributed by atoms with E-state index in [0.29, 0.717) is 0 Å². The van der Waals surface area contributed by atoms with Crippen molar-refractivity contribution in [1.82, 2.24) is 0 Å². The molecule has 0 saturated carbocycles. The Hall–Kier alpha value is -1.39. The SMILES string of the molecule is CC(=N)C=C(N)[N+](=O)[O-]. The van der Waals surface area contributed by atoms with E-state index < -0.39 is 10.7 Å². The van der Waals surface area contributed by atoms with Crippen LogP contribution in [0.5, 0.6) is 0 Å². The molecule has 0 aromatic carbocycles. The predicted octanol–water partition coefficient (Wildman–Crippen LogP) is 0.103. The minimum Gasteiger partial charge on any atom is -0.358 e. The smallest absolute Gasteiger partial charge is 0.315 e. The molecule has 0 fully saturated rings. The lowest BCUT2D eigenvalue weighted by Gasteiger charge is -1.90. The summed E-state index contributed by atoms with van der Waals surface area (Å²) in [7, 11) is 0. The molecular formula is C4H7N3O2. The van der Waals surface area contributed by atoms with Crippen molar-refractivity contribution >= 4 is 5.71 Å². The molecule has 0 bridgehead atoms. The second-order valence-electron chi connectivity index (χ2n) is 1.51. The number of hydrogen-bond donors (Lipinski definition) is 2. The summed E-state index contributed by atoms with van der Waals surface area (Å²) in [6, 6.07) is 0. The van der Waals surface area contributed by atoms with Crippen molar-refractivity contribution in [2.75, 3.05) is 0 Å². The molecule has 5 heteroatoms. The molecule has 0 amide bonds. The number of rotatable bonds is 2. The van der Waals surface area contributed by atoms with Crippen LogP contribution in [0.4, 0.5) is 0 Å². The third-order valence-corrected chi connectivity index (χ3v) is 0.575. The van der Waals surface area contributed by atoms with E-state index in [1.165, 1.54) is 6.92 Å². The molecule has 9 heavy (non-hydrogen) atoms. The fraction of sp³-hybridized carbons (Fsp3) is 0.250. The molecule has 50 valence electrons. The lowest BCUT2D eigenvalue weighted by molar-refractivity contribution is -0.426. The van der Waals surface area contributed by atoms with Gasteiger partial charge in [0.2, 0.25) is 0 Å². The van der Waals surface area contributed by atoms with Crippen molar-refractivity contribution in [3.63, 3.8) is 0 Å². The molecule has 0 aliphatic heterocycles. The number of nitrogens with one attached hydrogen (secondary N) is 1. The highest BCUT2D eigenvalue weighted by Gasteiger charge is 1.97. The van der Waals surface area contributed by atoms with Crippen LogP contribution in [-0.2, 0) is 0 Å². The molecular weight excluding hydrogens is 122 g/mol. The van der Waals surface area contributed by atoms with Crippen LogP contribution in [0.25, 0.3) is 0 Å². The molecule has 0 heterocycles. The molecule has 0 rings (SSSR count). The lowest BCUT2D eigenvalue weighted by Crippen LogP contribution is -2.09. The van der Waals surface area contributed by atoms with Crippen LogP contribution < -0.4 is 5.73 Å². The monoisotopic (exact) mass is 129 g/mol. The summed E-state index contributed by atoms with van der Waals surface area (Å²) in [5.41, 5.74) is 4.91. The third kappa shape index (κ3) is 3.22. The summed E-state index contributed by atoms with van der Waals surface area (Å²) >= 11 is 0. The Bertz CT molecular complexity index is 173. The van der Waals surface area contributed by atoms with Gasteiger partial charge in [0.15, 0.2) is 0 Å². The van der Waals surface area contributed by atoms with Gasteiger partial charge in [0, 0.05) is 5.71 Å². The highest BCUT2D eigenvalue weighted by Crippen LogP contribution is 1.84. The summed E-state index contributed by atoms with van der Waals surface area (Å²) in [5.74, 6) is -0.498. The van der Waals surface area contributed by atoms with Crippen molar-refractivity contribution < 1.29 is 4.92 Å². The van der Waals surface area contributed by atoms with Gasteiger partial charge in [-0.15, -0.1) is 0 Å². The van der Waals surface area contributed by atoms with Crippen molar-refractivity contribution in [2.24, 2.45) is 5.73 Å². The Balaban J connectivity index is 4.17. The van der Waals surface area contributed by atoms with Crippen LogP contribution in [0.15, 0.2) is 11.9 Å². The summed E-state index contributed by atoms with van der Waals surface area (Å²) < 4.78 is 0. The summed E-state index contributed by atoms with van der Waals surface area (Å²) in [4.78, 5) is 9.01. The van der Waals surface area contributed by atoms with Crippen LogP contribution in [0.3, 0.4) is 0 Å². The zero-order valence-electron chi connectivity index (χ0n) is 4.92. The molecule has 0 atom stereocenters. The van der Waals surface area contributed by atoms with Gasteiger partial charge in [0.25, 0.3) is 0 Å². The quantitative estimate of drug-likeness (QED) is 0.314. The van der Waals surface area contributed by atoms with Gasteiger partial charge in [-0.1, -0.05) is 0 Å². The maximum Gasteiger partial charge on any atom is 0.315 e. The molecule has 0 radical (unpaired) electrons. The van der Waals surface area contributed by atoms with E-state index in [9.17, 15) is 10.1 Å². The van der Waals surface area contributed by atoms with E-state index in [0.717, 1.165) is 6.08 Å². The van der Waals surface area contributed by atoms with Crippen LogP contribution in [0, 0.1) is 15.5 Å². The molecule has 0 spiro atoms. The normalized spacial score (nSPS) is 11.0. The molecule has 0 saturated heterocycles. The number of nitro groups is 1. The molecule has 0 aliphatic carbocycles. The minimum atomic E-state index is -0.738. The first-order valence-corrected chi connectivity index (χ1v) is 2.20. The van der Waals surface area contributed by atoms with Crippen LogP contribution in [0.1, 0.15) is 6.92 Å². The van der Waals surface area contributed by atoms with Gasteiger partial charge in [-0.25, -0.2) is 0 Å². The Morgan fingerprint density at radius 1 is 1.89 bits per heavy atom. The van der Waals surface area contributed by atoms with Gasteiger partial charge < -0.3 is 15.5 Å². The van der Waals surface area contributed by atoms with E-state index in [2.05, 4.69) is 0 Å². The molecule has 0 aliphatic rings. The minimum absolute atomic E-state index is 0.0733. The van der Waals surface area contributed by atoms with Gasteiger partial charge in [0.1, 0.15) is 0 Å². The number of nitrogens with two attached hydrogens (primary N) is 1. The van der Waals surface area contributed by atoms with Crippen molar-refractivity contribution in [3.05, 3.63) is 22.0 Å². The average molecular weight is 129 g/mol. The average Bonchev–Trinajstić information content (AvgIpc) is 1.63. The standard InChI is InChI=1S/C4H7N3O2/c1-3(5)2-4(6)7(8)9/h2,5H,6H2,1H3. The number of hydrogen-bond acceptors (Lipinski definition) is 4. The first-order valence-electron chi connectivity index (χ1n) is 2.20. The highest BCUT2D eigenvalue weighted by atomic mass is 16.6. The summed E-state index contributed by atoms with van der Waals surface area (Å²) in [6.45, 7) is 1.41. The largest absolute Gasteiger partial charge is 0.358 e. The Morgan fingerprint density at radius 3 is 2.44 bits per heavy atom. The van der Waals surface area contributed by atoms with E-state index in [4.69, 9.17) is 11.1 Å². The molecule has 0 unspecified atom stereocenters. The second kappa shape index (κ2) is 2.81. The van der Waals surface area contributed by atoms with Gasteiger partial charge in [-0.3, -0.25) is 5.73 Å². The van der Waals surface area contributed by atoms with E-state index in [-0.39, 0.29) is 5.71 Å². The Labute approximate surface area is 51.8 Å². The maximum absolute atomic E-state index is 9.75. The van der Waals surface area contributed by atoms with Gasteiger partial charge in [-0.2, -0.15) is 0 Å². The third-order valence-electron chi connectivity index (χ3n) is 0.575. The van der Waals surface area contributed by atoms with Gasteiger partial charge in [0.05, 0.1) is 6.08 Å². The summed E-state index contributed by atoms with van der Waals surface area (Å²) in [6.07, 6.45) is 0.986. The molecule has 5 nitrogen and oxygen atoms in total. The number of nitrogens with zero attached hydrogens (tertiary/aromatic N) is 1. The van der Waals surface area contributed by atoms with Crippen molar-refractivity contribution in [1.29, 1.82) is 5.41 Å². The van der Waals surface area contributed by atoms with E-state index in [1.807, 2.05) is 0 Å². The maximum atomic E-state index is 9.75. The first-order chi connectivity index (χ1) is 4.04. The second-order valence-corrected chi connectivity index (χ2v) is 1.51. The van der Waals surface area contributed by atoms with Gasteiger partial charge >= 0.3 is 5.82 Å². The molecule has 0 aromatic heterocycles. The van der Waals surface area contributed by atoms with Gasteiger partial charge in [-0.05, 0) is 11.8 Å². The van der Waals surface area contributed by atoms with Crippen molar-refractivity contribution in [2.45, 2.75) is 6.92 Å². The van der Waals surface area contributed by atoms with Crippen LogP contribution in [0.2, 0.25) is 0 Å². The highest BCUT2D eigenvalue weighted by molar-refractivity contribution is 5.90. The Morgan fingerprint density at radius 2 is 2.33 bits per heavy atom. The lowest BCUT2D eigenvalue weighted by atomic mass is 10.4. The molecule has 0 aromatic rings. The predicted molar refractivity (Wildman–Crippen MR) is 32.7 cm³/mol. The fourth-order valence-corrected chi connectivity index (χ4v) is 0.275. The van der Waals surface area contributed by atoms with E-state index in [1.54, 1.807) is 0 Å². The van der Waals surface area contributed by atoms with Crippen molar-refractivity contribution in [3.8, 4) is 0 Å². The Kier molecular flexibility index (Phi) is 2.37. The zero-order chi connectivity index (χ0) is 7.44. The number of allylic oxidation sites excluding steroid dienone is 1. The first kappa shape index (κ1) is 7.61. The van der Waals surface area contributed by atoms with Crippen LogP contribution in [-0.4, -0.2) is 10.6 Å². The fourth-order valence-electron chi connectivity index (χ4n) is 0.275.